The molecular weight excluding hydrogens is 339 g/mol. The Balaban J connectivity index is 2.05. The van der Waals surface area contributed by atoms with Crippen LogP contribution in [0.2, 0.25) is 10.0 Å². The zero-order chi connectivity index (χ0) is 16.6. The third-order valence-electron chi connectivity index (χ3n) is 3.23. The minimum absolute atomic E-state index is 0.0401. The van der Waals surface area contributed by atoms with Crippen LogP contribution in [0.4, 0.5) is 0 Å². The summed E-state index contributed by atoms with van der Waals surface area (Å²) in [6.07, 6.45) is 0. The highest BCUT2D eigenvalue weighted by atomic mass is 35.5. The van der Waals surface area contributed by atoms with E-state index in [1.54, 1.807) is 31.2 Å². The number of ether oxygens (including phenoxy) is 1. The van der Waals surface area contributed by atoms with Gasteiger partial charge in [0.05, 0.1) is 10.7 Å². The predicted octanol–water partition coefficient (Wildman–Crippen LogP) is 4.90. The maximum atomic E-state index is 10.0. The summed E-state index contributed by atoms with van der Waals surface area (Å²) in [4.78, 5) is 0. The first-order valence-corrected chi connectivity index (χ1v) is 7.41. The Kier molecular flexibility index (Phi) is 4.07. The van der Waals surface area contributed by atoms with E-state index in [-0.39, 0.29) is 11.5 Å². The molecule has 0 fully saturated rings. The topological polar surface area (TPSA) is 78.4 Å². The lowest BCUT2D eigenvalue weighted by atomic mass is 10.1. The van der Waals surface area contributed by atoms with Crippen molar-refractivity contribution in [3.05, 3.63) is 52.1 Å². The van der Waals surface area contributed by atoms with Crippen molar-refractivity contribution in [2.24, 2.45) is 0 Å². The van der Waals surface area contributed by atoms with Crippen molar-refractivity contribution in [1.82, 2.24) is 10.2 Å². The fourth-order valence-corrected chi connectivity index (χ4v) is 2.56. The number of nitrogens with zero attached hydrogens (tertiary/aromatic N) is 1. The van der Waals surface area contributed by atoms with Gasteiger partial charge in [0.1, 0.15) is 22.9 Å². The number of aromatic nitrogens is 2. The molecule has 0 unspecified atom stereocenters. The second kappa shape index (κ2) is 6.02. The monoisotopic (exact) mass is 350 g/mol. The van der Waals surface area contributed by atoms with Crippen LogP contribution in [0.15, 0.2) is 36.4 Å². The van der Waals surface area contributed by atoms with E-state index in [1.165, 1.54) is 12.1 Å². The largest absolute Gasteiger partial charge is 0.508 e. The van der Waals surface area contributed by atoms with Gasteiger partial charge in [-0.05, 0) is 37.3 Å². The molecule has 0 atom stereocenters. The zero-order valence-corrected chi connectivity index (χ0v) is 13.5. The van der Waals surface area contributed by atoms with E-state index in [2.05, 4.69) is 10.2 Å². The summed E-state index contributed by atoms with van der Waals surface area (Å²) < 4.78 is 5.85. The minimum atomic E-state index is -0.108. The number of benzene rings is 2. The van der Waals surface area contributed by atoms with Crippen molar-refractivity contribution < 1.29 is 14.9 Å². The molecule has 5 nitrogen and oxygen atoms in total. The molecule has 0 aliphatic carbocycles. The van der Waals surface area contributed by atoms with Crippen molar-refractivity contribution >= 4 is 23.2 Å². The number of phenolic OH excluding ortho intramolecular Hbond substituents is 2. The van der Waals surface area contributed by atoms with E-state index < -0.39 is 0 Å². The van der Waals surface area contributed by atoms with Crippen LogP contribution < -0.4 is 4.74 Å². The molecule has 2 aromatic carbocycles. The number of rotatable bonds is 3. The lowest BCUT2D eigenvalue weighted by molar-refractivity contribution is 0.450. The van der Waals surface area contributed by atoms with Gasteiger partial charge >= 0.3 is 0 Å². The maximum absolute atomic E-state index is 10.0. The molecule has 1 heterocycles. The van der Waals surface area contributed by atoms with Crippen LogP contribution in [0, 0.1) is 6.92 Å². The van der Waals surface area contributed by atoms with E-state index >= 15 is 0 Å². The molecule has 0 amide bonds. The highest BCUT2D eigenvalue weighted by molar-refractivity contribution is 6.35. The maximum Gasteiger partial charge on any atom is 0.176 e. The molecule has 1 aromatic heterocycles. The van der Waals surface area contributed by atoms with Crippen LogP contribution in [0.1, 0.15) is 5.69 Å². The number of phenols is 2. The van der Waals surface area contributed by atoms with E-state index in [0.717, 1.165) is 0 Å². The molecule has 0 aliphatic heterocycles. The molecule has 0 spiro atoms. The second-order valence-electron chi connectivity index (χ2n) is 4.90. The lowest BCUT2D eigenvalue weighted by Crippen LogP contribution is -1.89. The van der Waals surface area contributed by atoms with E-state index in [4.69, 9.17) is 27.9 Å². The molecule has 0 saturated carbocycles. The summed E-state index contributed by atoms with van der Waals surface area (Å²) in [5.41, 5.74) is 1.50. The predicted molar refractivity (Wildman–Crippen MR) is 88.6 cm³/mol. The summed E-state index contributed by atoms with van der Waals surface area (Å²) >= 11 is 12.0. The Morgan fingerprint density at radius 3 is 2.57 bits per heavy atom. The van der Waals surface area contributed by atoms with Crippen molar-refractivity contribution in [3.8, 4) is 34.3 Å². The highest BCUT2D eigenvalue weighted by Gasteiger charge is 2.19. The number of hydrogen-bond donors (Lipinski definition) is 3. The van der Waals surface area contributed by atoms with Crippen LogP contribution >= 0.6 is 23.2 Å². The van der Waals surface area contributed by atoms with Gasteiger partial charge in [-0.25, -0.2) is 0 Å². The van der Waals surface area contributed by atoms with Gasteiger partial charge in [0.15, 0.2) is 5.75 Å². The number of hydrogen-bond acceptors (Lipinski definition) is 4. The summed E-state index contributed by atoms with van der Waals surface area (Å²) in [5, 5.41) is 27.3. The molecule has 3 aromatic rings. The molecule has 0 saturated heterocycles. The standard InChI is InChI=1S/C16H12Cl2N2O3/c1-8-16(23-14-5-2-9(17)6-12(14)18)15(20-19-8)11-4-3-10(21)7-13(11)22/h2-7,21-22H,1H3,(H,19,20). The van der Waals surface area contributed by atoms with Gasteiger partial charge in [0, 0.05) is 16.7 Å². The molecule has 0 bridgehead atoms. The molecule has 23 heavy (non-hydrogen) atoms. The number of nitrogens with one attached hydrogen (secondary N) is 1. The summed E-state index contributed by atoms with van der Waals surface area (Å²) in [7, 11) is 0. The van der Waals surface area contributed by atoms with Crippen LogP contribution in [0.5, 0.6) is 23.0 Å². The van der Waals surface area contributed by atoms with Gasteiger partial charge in [-0.15, -0.1) is 0 Å². The summed E-state index contributed by atoms with van der Waals surface area (Å²) in [6.45, 7) is 1.78. The smallest absolute Gasteiger partial charge is 0.176 e. The normalized spacial score (nSPS) is 10.7. The second-order valence-corrected chi connectivity index (χ2v) is 5.75. The van der Waals surface area contributed by atoms with Gasteiger partial charge in [-0.1, -0.05) is 23.2 Å². The Labute approximate surface area is 142 Å². The number of aromatic amines is 1. The summed E-state index contributed by atoms with van der Waals surface area (Å²) in [5.74, 6) is 0.695. The molecule has 0 aliphatic rings. The van der Waals surface area contributed by atoms with Crippen LogP contribution in [0.3, 0.4) is 0 Å². The average Bonchev–Trinajstić information content (AvgIpc) is 2.83. The quantitative estimate of drug-likeness (QED) is 0.627. The fourth-order valence-electron chi connectivity index (χ4n) is 2.11. The Morgan fingerprint density at radius 1 is 1.09 bits per heavy atom. The Hall–Kier alpha value is -2.37. The number of aromatic hydroxyl groups is 2. The first kappa shape index (κ1) is 15.5. The molecule has 0 radical (unpaired) electrons. The van der Waals surface area contributed by atoms with Crippen LogP contribution in [-0.4, -0.2) is 20.4 Å². The molecule has 3 rings (SSSR count). The van der Waals surface area contributed by atoms with Gasteiger partial charge < -0.3 is 14.9 Å². The lowest BCUT2D eigenvalue weighted by Gasteiger charge is -2.10. The fraction of sp³-hybridized carbons (Fsp3) is 0.0625. The van der Waals surface area contributed by atoms with E-state index in [0.29, 0.717) is 38.5 Å². The number of halogens is 2. The van der Waals surface area contributed by atoms with Gasteiger partial charge in [-0.2, -0.15) is 5.10 Å². The zero-order valence-electron chi connectivity index (χ0n) is 12.0. The Morgan fingerprint density at radius 2 is 1.87 bits per heavy atom. The highest BCUT2D eigenvalue weighted by Crippen LogP contribution is 2.41. The summed E-state index contributed by atoms with van der Waals surface area (Å²) in [6, 6.07) is 9.13. The first-order chi connectivity index (χ1) is 11.0. The SMILES string of the molecule is Cc1[nH]nc(-c2ccc(O)cc2O)c1Oc1ccc(Cl)cc1Cl. The van der Waals surface area contributed by atoms with Crippen LogP contribution in [-0.2, 0) is 0 Å². The minimum Gasteiger partial charge on any atom is -0.508 e. The molecule has 7 heteroatoms. The van der Waals surface area contributed by atoms with Gasteiger partial charge in [0.25, 0.3) is 0 Å². The number of H-pyrrole nitrogens is 1. The molecular formula is C16H12Cl2N2O3. The van der Waals surface area contributed by atoms with E-state index in [1.807, 2.05) is 0 Å². The third kappa shape index (κ3) is 3.06. The van der Waals surface area contributed by atoms with Crippen LogP contribution in [0.25, 0.3) is 11.3 Å². The third-order valence-corrected chi connectivity index (χ3v) is 3.76. The first-order valence-electron chi connectivity index (χ1n) is 6.66. The van der Waals surface area contributed by atoms with Gasteiger partial charge in [0.2, 0.25) is 0 Å². The average molecular weight is 351 g/mol. The van der Waals surface area contributed by atoms with Crippen molar-refractivity contribution in [2.75, 3.05) is 0 Å². The van der Waals surface area contributed by atoms with Gasteiger partial charge in [-0.3, -0.25) is 5.10 Å². The van der Waals surface area contributed by atoms with Crippen molar-refractivity contribution in [1.29, 1.82) is 0 Å². The molecule has 118 valence electrons. The Bertz CT molecular complexity index is 878. The van der Waals surface area contributed by atoms with Crippen molar-refractivity contribution in [3.63, 3.8) is 0 Å². The van der Waals surface area contributed by atoms with E-state index in [9.17, 15) is 10.2 Å². The molecule has 3 N–H and O–H groups in total. The number of aryl methyl sites for hydroxylation is 1. The van der Waals surface area contributed by atoms with Crippen molar-refractivity contribution in [2.45, 2.75) is 6.92 Å².